The molecule has 0 unspecified atom stereocenters. The van der Waals surface area contributed by atoms with E-state index in [1.165, 1.54) is 11.3 Å². The maximum Gasteiger partial charge on any atom is 0.134 e. The number of allylic oxidation sites excluding steroid dienone is 1. The maximum absolute atomic E-state index is 9.51. The first-order valence-corrected chi connectivity index (χ1v) is 8.91. The van der Waals surface area contributed by atoms with Crippen molar-refractivity contribution in [1.82, 2.24) is 4.98 Å². The molecule has 0 saturated heterocycles. The highest BCUT2D eigenvalue weighted by atomic mass is 35.5. The van der Waals surface area contributed by atoms with Crippen molar-refractivity contribution in [3.63, 3.8) is 0 Å². The zero-order valence-corrected chi connectivity index (χ0v) is 15.5. The second kappa shape index (κ2) is 7.71. The minimum atomic E-state index is 0.473. The van der Waals surface area contributed by atoms with Gasteiger partial charge in [0.05, 0.1) is 28.4 Å². The fraction of sp³-hybridized carbons (Fsp3) is 0.0526. The predicted molar refractivity (Wildman–Crippen MR) is 104 cm³/mol. The Hall–Kier alpha value is -2.32. The van der Waals surface area contributed by atoms with Crippen LogP contribution in [0.1, 0.15) is 10.6 Å². The smallest absolute Gasteiger partial charge is 0.134 e. The molecule has 0 fully saturated rings. The zero-order valence-electron chi connectivity index (χ0n) is 13.2. The molecule has 2 aromatic carbocycles. The minimum Gasteiger partial charge on any atom is -0.497 e. The third kappa shape index (κ3) is 4.02. The SMILES string of the molecule is COc1cccc(C=C(C#N)c2nc(-c3ccc(Cl)c(Cl)c3)cs2)c1. The van der Waals surface area contributed by atoms with Crippen LogP contribution in [0, 0.1) is 11.3 Å². The molecule has 1 heterocycles. The molecule has 3 rings (SSSR count). The lowest BCUT2D eigenvalue weighted by Crippen LogP contribution is -1.85. The Morgan fingerprint density at radius 2 is 2.04 bits per heavy atom. The summed E-state index contributed by atoms with van der Waals surface area (Å²) in [6.45, 7) is 0. The van der Waals surface area contributed by atoms with Crippen molar-refractivity contribution in [2.45, 2.75) is 0 Å². The highest BCUT2D eigenvalue weighted by Crippen LogP contribution is 2.31. The van der Waals surface area contributed by atoms with Gasteiger partial charge in [0.2, 0.25) is 0 Å². The van der Waals surface area contributed by atoms with Gasteiger partial charge in [0, 0.05) is 10.9 Å². The number of nitriles is 1. The van der Waals surface area contributed by atoms with Gasteiger partial charge in [-0.05, 0) is 35.9 Å². The number of halogens is 2. The lowest BCUT2D eigenvalue weighted by molar-refractivity contribution is 0.414. The zero-order chi connectivity index (χ0) is 17.8. The Morgan fingerprint density at radius 1 is 1.20 bits per heavy atom. The average molecular weight is 387 g/mol. The van der Waals surface area contributed by atoms with E-state index >= 15 is 0 Å². The van der Waals surface area contributed by atoms with Gasteiger partial charge in [-0.3, -0.25) is 0 Å². The van der Waals surface area contributed by atoms with E-state index in [9.17, 15) is 5.26 Å². The van der Waals surface area contributed by atoms with Crippen LogP contribution in [0.5, 0.6) is 5.75 Å². The van der Waals surface area contributed by atoms with Crippen LogP contribution in [0.4, 0.5) is 0 Å². The fourth-order valence-electron chi connectivity index (χ4n) is 2.23. The summed E-state index contributed by atoms with van der Waals surface area (Å²) in [6, 6.07) is 15.1. The molecule has 0 bridgehead atoms. The van der Waals surface area contributed by atoms with E-state index in [0.29, 0.717) is 20.6 Å². The van der Waals surface area contributed by atoms with Crippen LogP contribution in [-0.4, -0.2) is 12.1 Å². The largest absolute Gasteiger partial charge is 0.497 e. The molecule has 0 N–H and O–H groups in total. The third-order valence-electron chi connectivity index (χ3n) is 3.48. The molecule has 3 aromatic rings. The summed E-state index contributed by atoms with van der Waals surface area (Å²) >= 11 is 13.4. The molecule has 0 aliphatic carbocycles. The van der Waals surface area contributed by atoms with Crippen LogP contribution in [0.25, 0.3) is 22.9 Å². The van der Waals surface area contributed by atoms with Crippen molar-refractivity contribution >= 4 is 46.2 Å². The molecular weight excluding hydrogens is 375 g/mol. The highest BCUT2D eigenvalue weighted by Gasteiger charge is 2.10. The number of benzene rings is 2. The van der Waals surface area contributed by atoms with Crippen LogP contribution in [0.15, 0.2) is 47.8 Å². The predicted octanol–water partition coefficient (Wildman–Crippen LogP) is 6.19. The number of ether oxygens (including phenoxy) is 1. The number of rotatable bonds is 4. The number of hydrogen-bond donors (Lipinski definition) is 0. The van der Waals surface area contributed by atoms with E-state index in [4.69, 9.17) is 27.9 Å². The molecule has 0 aliphatic rings. The van der Waals surface area contributed by atoms with Gasteiger partial charge in [0.1, 0.15) is 16.8 Å². The minimum absolute atomic E-state index is 0.473. The van der Waals surface area contributed by atoms with Crippen molar-refractivity contribution in [1.29, 1.82) is 5.26 Å². The molecule has 0 aliphatic heterocycles. The summed E-state index contributed by atoms with van der Waals surface area (Å²) in [4.78, 5) is 4.56. The molecule has 124 valence electrons. The highest BCUT2D eigenvalue weighted by molar-refractivity contribution is 7.11. The van der Waals surface area contributed by atoms with Crippen molar-refractivity contribution in [3.05, 3.63) is 68.5 Å². The van der Waals surface area contributed by atoms with Crippen molar-refractivity contribution in [2.75, 3.05) is 7.11 Å². The van der Waals surface area contributed by atoms with Gasteiger partial charge in [0.25, 0.3) is 0 Å². The number of aromatic nitrogens is 1. The summed E-state index contributed by atoms with van der Waals surface area (Å²) in [7, 11) is 1.61. The molecule has 3 nitrogen and oxygen atoms in total. The van der Waals surface area contributed by atoms with Gasteiger partial charge >= 0.3 is 0 Å². The van der Waals surface area contributed by atoms with Gasteiger partial charge < -0.3 is 4.74 Å². The Kier molecular flexibility index (Phi) is 5.40. The normalized spacial score (nSPS) is 11.2. The number of hydrogen-bond acceptors (Lipinski definition) is 4. The summed E-state index contributed by atoms with van der Waals surface area (Å²) in [6.07, 6.45) is 1.79. The Labute approximate surface area is 159 Å². The Balaban J connectivity index is 1.95. The lowest BCUT2D eigenvalue weighted by atomic mass is 10.1. The van der Waals surface area contributed by atoms with E-state index in [-0.39, 0.29) is 0 Å². The number of nitrogens with zero attached hydrogens (tertiary/aromatic N) is 2. The monoisotopic (exact) mass is 386 g/mol. The topological polar surface area (TPSA) is 45.9 Å². The van der Waals surface area contributed by atoms with Crippen LogP contribution < -0.4 is 4.74 Å². The Bertz CT molecular complexity index is 989. The first-order valence-electron chi connectivity index (χ1n) is 7.28. The molecule has 0 amide bonds. The molecule has 6 heteroatoms. The van der Waals surface area contributed by atoms with E-state index in [1.807, 2.05) is 35.7 Å². The molecule has 0 saturated carbocycles. The van der Waals surface area contributed by atoms with Crippen LogP contribution in [0.3, 0.4) is 0 Å². The summed E-state index contributed by atoms with van der Waals surface area (Å²) in [5.41, 5.74) is 2.98. The van der Waals surface area contributed by atoms with Crippen molar-refractivity contribution < 1.29 is 4.74 Å². The maximum atomic E-state index is 9.51. The van der Waals surface area contributed by atoms with Crippen molar-refractivity contribution in [2.24, 2.45) is 0 Å². The van der Waals surface area contributed by atoms with E-state index in [0.717, 1.165) is 22.6 Å². The third-order valence-corrected chi connectivity index (χ3v) is 5.09. The standard InChI is InChI=1S/C19H12Cl2N2OS/c1-24-15-4-2-3-12(8-15)7-14(10-22)19-23-18(11-25-19)13-5-6-16(20)17(21)9-13/h2-9,11H,1H3. The van der Waals surface area contributed by atoms with Crippen LogP contribution in [0.2, 0.25) is 10.0 Å². The summed E-state index contributed by atoms with van der Waals surface area (Å²) < 4.78 is 5.21. The molecular formula is C19H12Cl2N2OS. The van der Waals surface area contributed by atoms with Crippen molar-refractivity contribution in [3.8, 4) is 23.1 Å². The average Bonchev–Trinajstić information content (AvgIpc) is 3.12. The first kappa shape index (κ1) is 17.5. The van der Waals surface area contributed by atoms with E-state index < -0.39 is 0 Å². The van der Waals surface area contributed by atoms with Gasteiger partial charge in [-0.2, -0.15) is 5.26 Å². The van der Waals surface area contributed by atoms with E-state index in [1.54, 1.807) is 25.3 Å². The van der Waals surface area contributed by atoms with Gasteiger partial charge in [-0.15, -0.1) is 11.3 Å². The second-order valence-electron chi connectivity index (χ2n) is 5.11. The number of methoxy groups -OCH3 is 1. The second-order valence-corrected chi connectivity index (χ2v) is 6.79. The summed E-state index contributed by atoms with van der Waals surface area (Å²) in [5.74, 6) is 0.738. The van der Waals surface area contributed by atoms with Crippen LogP contribution >= 0.6 is 34.5 Å². The molecule has 1 aromatic heterocycles. The molecule has 0 spiro atoms. The van der Waals surface area contributed by atoms with Gasteiger partial charge in [-0.1, -0.05) is 41.4 Å². The number of thiazole rings is 1. The first-order chi connectivity index (χ1) is 12.1. The summed E-state index contributed by atoms with van der Waals surface area (Å²) in [5, 5.41) is 13.0. The molecule has 0 atom stereocenters. The quantitative estimate of drug-likeness (QED) is 0.502. The van der Waals surface area contributed by atoms with Crippen LogP contribution in [-0.2, 0) is 0 Å². The lowest BCUT2D eigenvalue weighted by Gasteiger charge is -2.01. The Morgan fingerprint density at radius 3 is 2.76 bits per heavy atom. The van der Waals surface area contributed by atoms with Gasteiger partial charge in [0.15, 0.2) is 0 Å². The van der Waals surface area contributed by atoms with Gasteiger partial charge in [-0.25, -0.2) is 4.98 Å². The molecule has 25 heavy (non-hydrogen) atoms. The van der Waals surface area contributed by atoms with E-state index in [2.05, 4.69) is 11.1 Å². The molecule has 0 radical (unpaired) electrons. The fourth-order valence-corrected chi connectivity index (χ4v) is 3.32.